The van der Waals surface area contributed by atoms with Crippen LogP contribution in [0.4, 0.5) is 11.8 Å². The molecule has 78 valence electrons. The van der Waals surface area contributed by atoms with E-state index in [1.807, 2.05) is 5.38 Å². The third kappa shape index (κ3) is 2.54. The van der Waals surface area contributed by atoms with E-state index in [1.165, 1.54) is 6.20 Å². The zero-order chi connectivity index (χ0) is 10.7. The number of hydrogen-bond donors (Lipinski definition) is 2. The largest absolute Gasteiger partial charge is 0.368 e. The standard InChI is InChI=1S/C8H8ClN5S/c9-6-2-12-8(10)14-7(6)11-1-5-3-15-4-13-5/h2-4H,1H2,(H3,10,11,12,14). The van der Waals surface area contributed by atoms with E-state index in [1.54, 1.807) is 16.8 Å². The molecule has 0 saturated heterocycles. The number of aromatic nitrogens is 3. The van der Waals surface area contributed by atoms with Gasteiger partial charge in [0.1, 0.15) is 5.02 Å². The van der Waals surface area contributed by atoms with Gasteiger partial charge < -0.3 is 11.1 Å². The lowest BCUT2D eigenvalue weighted by Gasteiger charge is -2.05. The number of nitrogen functional groups attached to an aromatic ring is 1. The molecule has 0 amide bonds. The number of nitrogens with one attached hydrogen (secondary N) is 1. The SMILES string of the molecule is Nc1ncc(Cl)c(NCc2cscn2)n1. The molecule has 5 nitrogen and oxygen atoms in total. The second-order valence-corrected chi connectivity index (χ2v) is 3.88. The molecule has 2 rings (SSSR count). The number of thiazole rings is 1. The summed E-state index contributed by atoms with van der Waals surface area (Å²) in [7, 11) is 0. The number of halogens is 1. The lowest BCUT2D eigenvalue weighted by molar-refractivity contribution is 1.04. The highest BCUT2D eigenvalue weighted by Crippen LogP contribution is 2.18. The molecule has 0 aliphatic rings. The third-order valence-electron chi connectivity index (χ3n) is 1.68. The number of hydrogen-bond acceptors (Lipinski definition) is 6. The molecule has 0 saturated carbocycles. The van der Waals surface area contributed by atoms with Crippen molar-refractivity contribution in [3.05, 3.63) is 27.8 Å². The fourth-order valence-electron chi connectivity index (χ4n) is 1.00. The molecule has 7 heteroatoms. The maximum atomic E-state index is 5.88. The molecule has 2 heterocycles. The second-order valence-electron chi connectivity index (χ2n) is 2.76. The molecule has 0 aliphatic heterocycles. The number of nitrogens with zero attached hydrogens (tertiary/aromatic N) is 3. The zero-order valence-electron chi connectivity index (χ0n) is 7.64. The quantitative estimate of drug-likeness (QED) is 0.857. The maximum absolute atomic E-state index is 5.88. The van der Waals surface area contributed by atoms with Crippen molar-refractivity contribution in [2.75, 3.05) is 11.1 Å². The predicted octanol–water partition coefficient (Wildman–Crippen LogP) is 1.78. The van der Waals surface area contributed by atoms with Gasteiger partial charge in [-0.05, 0) is 0 Å². The van der Waals surface area contributed by atoms with Crippen LogP contribution in [-0.4, -0.2) is 15.0 Å². The van der Waals surface area contributed by atoms with Crippen molar-refractivity contribution >= 4 is 34.7 Å². The Balaban J connectivity index is 2.07. The Morgan fingerprint density at radius 3 is 3.07 bits per heavy atom. The molecular formula is C8H8ClN5S. The molecule has 0 bridgehead atoms. The van der Waals surface area contributed by atoms with Crippen LogP contribution in [0.5, 0.6) is 0 Å². The molecule has 2 aromatic heterocycles. The summed E-state index contributed by atoms with van der Waals surface area (Å²) in [6.45, 7) is 0.569. The van der Waals surface area contributed by atoms with Crippen molar-refractivity contribution in [1.29, 1.82) is 0 Å². The third-order valence-corrected chi connectivity index (χ3v) is 2.60. The maximum Gasteiger partial charge on any atom is 0.222 e. The fraction of sp³-hybridized carbons (Fsp3) is 0.125. The number of anilines is 2. The van der Waals surface area contributed by atoms with Crippen molar-refractivity contribution in [1.82, 2.24) is 15.0 Å². The van der Waals surface area contributed by atoms with Crippen molar-refractivity contribution in [2.24, 2.45) is 0 Å². The Kier molecular flexibility index (Phi) is 2.98. The lowest BCUT2D eigenvalue weighted by atomic mass is 10.4. The van der Waals surface area contributed by atoms with Crippen molar-refractivity contribution in [3.8, 4) is 0 Å². The molecule has 2 aromatic rings. The molecule has 0 spiro atoms. The van der Waals surface area contributed by atoms with Crippen LogP contribution in [0.25, 0.3) is 0 Å². The highest BCUT2D eigenvalue weighted by Gasteiger charge is 2.03. The first kappa shape index (κ1) is 10.1. The van der Waals surface area contributed by atoms with Gasteiger partial charge in [-0.25, -0.2) is 9.97 Å². The number of rotatable bonds is 3. The van der Waals surface area contributed by atoms with E-state index in [9.17, 15) is 0 Å². The molecule has 0 radical (unpaired) electrons. The van der Waals surface area contributed by atoms with Crippen molar-refractivity contribution in [3.63, 3.8) is 0 Å². The summed E-state index contributed by atoms with van der Waals surface area (Å²) in [4.78, 5) is 11.9. The summed E-state index contributed by atoms with van der Waals surface area (Å²) in [6.07, 6.45) is 1.47. The van der Waals surface area contributed by atoms with Crippen LogP contribution >= 0.6 is 22.9 Å². The average molecular weight is 242 g/mol. The molecule has 0 aliphatic carbocycles. The summed E-state index contributed by atoms with van der Waals surface area (Å²) < 4.78 is 0. The molecule has 0 aromatic carbocycles. The van der Waals surface area contributed by atoms with Crippen LogP contribution in [0.3, 0.4) is 0 Å². The van der Waals surface area contributed by atoms with Crippen molar-refractivity contribution in [2.45, 2.75) is 6.54 Å². The van der Waals surface area contributed by atoms with Crippen LogP contribution in [0, 0.1) is 0 Å². The Bertz CT molecular complexity index is 444. The summed E-state index contributed by atoms with van der Waals surface area (Å²) in [5.41, 5.74) is 8.15. The van der Waals surface area contributed by atoms with E-state index in [2.05, 4.69) is 20.3 Å². The minimum Gasteiger partial charge on any atom is -0.368 e. The van der Waals surface area contributed by atoms with E-state index in [-0.39, 0.29) is 5.95 Å². The molecule has 0 fully saturated rings. The van der Waals surface area contributed by atoms with E-state index in [0.717, 1.165) is 5.69 Å². The van der Waals surface area contributed by atoms with E-state index in [0.29, 0.717) is 17.4 Å². The second kappa shape index (κ2) is 4.41. The lowest BCUT2D eigenvalue weighted by Crippen LogP contribution is -2.04. The minimum absolute atomic E-state index is 0.195. The van der Waals surface area contributed by atoms with Crippen LogP contribution in [0.15, 0.2) is 17.1 Å². The van der Waals surface area contributed by atoms with Crippen LogP contribution < -0.4 is 11.1 Å². The van der Waals surface area contributed by atoms with E-state index < -0.39 is 0 Å². The van der Waals surface area contributed by atoms with Gasteiger partial charge in [-0.1, -0.05) is 11.6 Å². The summed E-state index contributed by atoms with van der Waals surface area (Å²) in [6, 6.07) is 0. The monoisotopic (exact) mass is 241 g/mol. The van der Waals surface area contributed by atoms with Crippen LogP contribution in [-0.2, 0) is 6.54 Å². The normalized spacial score (nSPS) is 10.2. The molecule has 3 N–H and O–H groups in total. The van der Waals surface area contributed by atoms with Gasteiger partial charge >= 0.3 is 0 Å². The first-order chi connectivity index (χ1) is 7.25. The first-order valence-electron chi connectivity index (χ1n) is 4.14. The highest BCUT2D eigenvalue weighted by molar-refractivity contribution is 7.07. The van der Waals surface area contributed by atoms with Crippen molar-refractivity contribution < 1.29 is 0 Å². The van der Waals surface area contributed by atoms with Gasteiger partial charge in [0.15, 0.2) is 5.82 Å². The van der Waals surface area contributed by atoms with Crippen LogP contribution in [0.1, 0.15) is 5.69 Å². The summed E-state index contributed by atoms with van der Waals surface area (Å²) >= 11 is 7.42. The van der Waals surface area contributed by atoms with E-state index >= 15 is 0 Å². The Hall–Kier alpha value is -1.40. The highest BCUT2D eigenvalue weighted by atomic mass is 35.5. The van der Waals surface area contributed by atoms with Gasteiger partial charge in [-0.2, -0.15) is 4.98 Å². The fourth-order valence-corrected chi connectivity index (χ4v) is 1.72. The Labute approximate surface area is 95.3 Å². The summed E-state index contributed by atoms with van der Waals surface area (Å²) in [5, 5.41) is 5.43. The molecule has 0 atom stereocenters. The van der Waals surface area contributed by atoms with Crippen LogP contribution in [0.2, 0.25) is 5.02 Å². The van der Waals surface area contributed by atoms with Gasteiger partial charge in [-0.15, -0.1) is 11.3 Å². The minimum atomic E-state index is 0.195. The van der Waals surface area contributed by atoms with Gasteiger partial charge in [0, 0.05) is 5.38 Å². The molecule has 0 unspecified atom stereocenters. The number of nitrogens with two attached hydrogens (primary N) is 1. The van der Waals surface area contributed by atoms with Gasteiger partial charge in [0.05, 0.1) is 23.9 Å². The van der Waals surface area contributed by atoms with E-state index in [4.69, 9.17) is 17.3 Å². The van der Waals surface area contributed by atoms with Gasteiger partial charge in [0.25, 0.3) is 0 Å². The average Bonchev–Trinajstić information content (AvgIpc) is 2.72. The first-order valence-corrected chi connectivity index (χ1v) is 5.47. The smallest absolute Gasteiger partial charge is 0.222 e. The van der Waals surface area contributed by atoms with Gasteiger partial charge in [-0.3, -0.25) is 0 Å². The zero-order valence-corrected chi connectivity index (χ0v) is 9.22. The molecular weight excluding hydrogens is 234 g/mol. The Morgan fingerprint density at radius 2 is 2.33 bits per heavy atom. The van der Waals surface area contributed by atoms with Gasteiger partial charge in [0.2, 0.25) is 5.95 Å². The summed E-state index contributed by atoms with van der Waals surface area (Å²) in [5.74, 6) is 0.720. The topological polar surface area (TPSA) is 76.7 Å². The predicted molar refractivity (Wildman–Crippen MR) is 60.9 cm³/mol. The Morgan fingerprint density at radius 1 is 1.47 bits per heavy atom. The molecule has 15 heavy (non-hydrogen) atoms.